The van der Waals surface area contributed by atoms with Crippen molar-refractivity contribution in [2.24, 2.45) is 0 Å². The number of aromatic nitrogens is 1. The maximum Gasteiger partial charge on any atom is 0.274 e. The molecule has 0 saturated carbocycles. The third kappa shape index (κ3) is 4.85. The van der Waals surface area contributed by atoms with E-state index < -0.39 is 11.7 Å². The van der Waals surface area contributed by atoms with E-state index in [4.69, 9.17) is 0 Å². The number of hydrogen-bond donors (Lipinski definition) is 2. The third-order valence-electron chi connectivity index (χ3n) is 4.50. The number of rotatable bonds is 5. The monoisotopic (exact) mass is 391 g/mol. The number of para-hydroxylation sites is 1. The zero-order chi connectivity index (χ0) is 21.0. The number of carbonyl (C=O) groups excluding carboxylic acids is 2. The molecule has 0 aliphatic carbocycles. The van der Waals surface area contributed by atoms with E-state index in [1.54, 1.807) is 12.1 Å². The molecule has 0 aliphatic rings. The smallest absolute Gasteiger partial charge is 0.274 e. The molecule has 5 nitrogen and oxygen atoms in total. The number of halogens is 1. The second-order valence-electron chi connectivity index (χ2n) is 7.04. The minimum absolute atomic E-state index is 0.0655. The molecule has 0 saturated heterocycles. The number of carbonyl (C=O) groups is 2. The Balaban J connectivity index is 1.81. The standard InChI is InChI=1S/C23H22FN3O2/c1-14(2)19-9-4-6-15(3)21(19)27-22(28)16-10-11-25-20(12-16)23(29)26-18-8-5-7-17(24)13-18/h4-14H,1-3H3,(H,26,29)(H,27,28). The molecular weight excluding hydrogens is 369 g/mol. The molecule has 0 radical (unpaired) electrons. The Labute approximate surface area is 169 Å². The van der Waals surface area contributed by atoms with Gasteiger partial charge in [-0.15, -0.1) is 0 Å². The maximum absolute atomic E-state index is 13.3. The largest absolute Gasteiger partial charge is 0.321 e. The molecule has 6 heteroatoms. The first-order valence-corrected chi connectivity index (χ1v) is 9.29. The SMILES string of the molecule is Cc1cccc(C(C)C)c1NC(=O)c1ccnc(C(=O)Nc2cccc(F)c2)c1. The Bertz CT molecular complexity index is 1060. The third-order valence-corrected chi connectivity index (χ3v) is 4.50. The van der Waals surface area contributed by atoms with Gasteiger partial charge in [-0.05, 0) is 54.3 Å². The summed E-state index contributed by atoms with van der Waals surface area (Å²) in [5.41, 5.74) is 3.46. The van der Waals surface area contributed by atoms with Crippen LogP contribution in [0.1, 0.15) is 51.7 Å². The van der Waals surface area contributed by atoms with Gasteiger partial charge in [0.1, 0.15) is 11.5 Å². The highest BCUT2D eigenvalue weighted by Gasteiger charge is 2.16. The zero-order valence-corrected chi connectivity index (χ0v) is 16.5. The number of anilines is 2. The van der Waals surface area contributed by atoms with Crippen molar-refractivity contribution in [3.63, 3.8) is 0 Å². The number of pyridine rings is 1. The average molecular weight is 391 g/mol. The summed E-state index contributed by atoms with van der Waals surface area (Å²) in [5.74, 6) is -1.06. The fraction of sp³-hybridized carbons (Fsp3) is 0.174. The normalized spacial score (nSPS) is 10.7. The second kappa shape index (κ2) is 8.65. The van der Waals surface area contributed by atoms with Gasteiger partial charge in [-0.25, -0.2) is 4.39 Å². The van der Waals surface area contributed by atoms with Crippen LogP contribution in [-0.2, 0) is 0 Å². The van der Waals surface area contributed by atoms with Gasteiger partial charge in [0.15, 0.2) is 0 Å². The van der Waals surface area contributed by atoms with E-state index in [1.807, 2.05) is 25.1 Å². The van der Waals surface area contributed by atoms with Crippen LogP contribution in [0.15, 0.2) is 60.8 Å². The number of amides is 2. The number of nitrogens with zero attached hydrogens (tertiary/aromatic N) is 1. The number of nitrogens with one attached hydrogen (secondary N) is 2. The van der Waals surface area contributed by atoms with Crippen LogP contribution in [0.25, 0.3) is 0 Å². The zero-order valence-electron chi connectivity index (χ0n) is 16.5. The number of benzene rings is 2. The van der Waals surface area contributed by atoms with Gasteiger partial charge in [0.2, 0.25) is 0 Å². The Morgan fingerprint density at radius 3 is 2.45 bits per heavy atom. The second-order valence-corrected chi connectivity index (χ2v) is 7.04. The summed E-state index contributed by atoms with van der Waals surface area (Å²) >= 11 is 0. The van der Waals surface area contributed by atoms with Crippen molar-refractivity contribution in [3.05, 3.63) is 89.0 Å². The van der Waals surface area contributed by atoms with Gasteiger partial charge in [-0.3, -0.25) is 14.6 Å². The van der Waals surface area contributed by atoms with E-state index in [-0.39, 0.29) is 17.5 Å². The predicted octanol–water partition coefficient (Wildman–Crippen LogP) is 5.16. The molecule has 3 aromatic rings. The lowest BCUT2D eigenvalue weighted by atomic mass is 9.98. The Morgan fingerprint density at radius 1 is 0.966 bits per heavy atom. The van der Waals surface area contributed by atoms with Gasteiger partial charge in [0.05, 0.1) is 0 Å². The molecule has 2 N–H and O–H groups in total. The highest BCUT2D eigenvalue weighted by atomic mass is 19.1. The van der Waals surface area contributed by atoms with E-state index in [1.165, 1.54) is 30.5 Å². The summed E-state index contributed by atoms with van der Waals surface area (Å²) in [5, 5.41) is 5.53. The quantitative estimate of drug-likeness (QED) is 0.631. The fourth-order valence-electron chi connectivity index (χ4n) is 2.99. The van der Waals surface area contributed by atoms with Crippen LogP contribution in [0.5, 0.6) is 0 Å². The minimum atomic E-state index is -0.524. The highest BCUT2D eigenvalue weighted by Crippen LogP contribution is 2.27. The van der Waals surface area contributed by atoms with Gasteiger partial charge in [-0.1, -0.05) is 38.1 Å². The molecule has 2 aromatic carbocycles. The van der Waals surface area contributed by atoms with E-state index in [9.17, 15) is 14.0 Å². The van der Waals surface area contributed by atoms with Crippen LogP contribution in [0.2, 0.25) is 0 Å². The average Bonchev–Trinajstić information content (AvgIpc) is 2.69. The molecule has 0 unspecified atom stereocenters. The predicted molar refractivity (Wildman–Crippen MR) is 112 cm³/mol. The van der Waals surface area contributed by atoms with Crippen molar-refractivity contribution in [2.45, 2.75) is 26.7 Å². The van der Waals surface area contributed by atoms with Crippen LogP contribution in [0, 0.1) is 12.7 Å². The fourth-order valence-corrected chi connectivity index (χ4v) is 2.99. The van der Waals surface area contributed by atoms with Gasteiger partial charge >= 0.3 is 0 Å². The van der Waals surface area contributed by atoms with Gasteiger partial charge in [0.25, 0.3) is 11.8 Å². The molecule has 1 heterocycles. The topological polar surface area (TPSA) is 71.1 Å². The van der Waals surface area contributed by atoms with Crippen LogP contribution in [0.4, 0.5) is 15.8 Å². The Kier molecular flexibility index (Phi) is 6.02. The van der Waals surface area contributed by atoms with Crippen molar-refractivity contribution in [3.8, 4) is 0 Å². The summed E-state index contributed by atoms with van der Waals surface area (Å²) in [6.45, 7) is 6.06. The molecule has 2 amide bonds. The lowest BCUT2D eigenvalue weighted by Crippen LogP contribution is -2.18. The van der Waals surface area contributed by atoms with Crippen LogP contribution in [0.3, 0.4) is 0 Å². The molecule has 1 aromatic heterocycles. The minimum Gasteiger partial charge on any atom is -0.321 e. The van der Waals surface area contributed by atoms with Crippen molar-refractivity contribution in [1.29, 1.82) is 0 Å². The molecule has 148 valence electrons. The van der Waals surface area contributed by atoms with Crippen molar-refractivity contribution in [2.75, 3.05) is 10.6 Å². The summed E-state index contributed by atoms with van der Waals surface area (Å²) in [6, 6.07) is 14.4. The molecule has 29 heavy (non-hydrogen) atoms. The molecule has 0 aliphatic heterocycles. The lowest BCUT2D eigenvalue weighted by molar-refractivity contribution is 0.102. The molecule has 0 spiro atoms. The van der Waals surface area contributed by atoms with Crippen molar-refractivity contribution < 1.29 is 14.0 Å². The maximum atomic E-state index is 13.3. The summed E-state index contributed by atoms with van der Waals surface area (Å²) < 4.78 is 13.3. The molecule has 3 rings (SSSR count). The van der Waals surface area contributed by atoms with Gasteiger partial charge < -0.3 is 10.6 Å². The number of aryl methyl sites for hydroxylation is 1. The molecule has 0 atom stereocenters. The van der Waals surface area contributed by atoms with E-state index in [0.29, 0.717) is 11.3 Å². The first-order chi connectivity index (χ1) is 13.8. The summed E-state index contributed by atoms with van der Waals surface area (Å²) in [7, 11) is 0. The van der Waals surface area contributed by atoms with Crippen LogP contribution >= 0.6 is 0 Å². The van der Waals surface area contributed by atoms with Crippen LogP contribution < -0.4 is 10.6 Å². The molecule has 0 fully saturated rings. The van der Waals surface area contributed by atoms with Crippen molar-refractivity contribution in [1.82, 2.24) is 4.98 Å². The van der Waals surface area contributed by atoms with Gasteiger partial charge in [-0.2, -0.15) is 0 Å². The Morgan fingerprint density at radius 2 is 1.72 bits per heavy atom. The van der Waals surface area contributed by atoms with E-state index in [0.717, 1.165) is 16.8 Å². The number of hydrogen-bond acceptors (Lipinski definition) is 3. The lowest BCUT2D eigenvalue weighted by Gasteiger charge is -2.16. The Hall–Kier alpha value is -3.54. The molecule has 0 bridgehead atoms. The van der Waals surface area contributed by atoms with Gasteiger partial charge in [0, 0.05) is 23.1 Å². The molecular formula is C23H22FN3O2. The van der Waals surface area contributed by atoms with Crippen molar-refractivity contribution >= 4 is 23.2 Å². The summed E-state index contributed by atoms with van der Waals surface area (Å²) in [6.07, 6.45) is 1.40. The first-order valence-electron chi connectivity index (χ1n) is 9.29. The van der Waals surface area contributed by atoms with E-state index >= 15 is 0 Å². The van der Waals surface area contributed by atoms with Crippen LogP contribution in [-0.4, -0.2) is 16.8 Å². The first kappa shape index (κ1) is 20.2. The highest BCUT2D eigenvalue weighted by molar-refractivity contribution is 6.08. The summed E-state index contributed by atoms with van der Waals surface area (Å²) in [4.78, 5) is 29.3. The van der Waals surface area contributed by atoms with E-state index in [2.05, 4.69) is 29.5 Å².